The average Bonchev–Trinajstić information content (AvgIpc) is 2.61. The van der Waals surface area contributed by atoms with Gasteiger partial charge < -0.3 is 32.5 Å². The number of hydrogen-bond acceptors (Lipinski definition) is 7. The molecule has 0 radical (unpaired) electrons. The first-order chi connectivity index (χ1) is 12.3. The molecule has 0 aromatic rings. The summed E-state index contributed by atoms with van der Waals surface area (Å²) in [6.45, 7) is -0.343. The van der Waals surface area contributed by atoms with E-state index in [0.29, 0.717) is 38.0 Å². The molecule has 10 nitrogen and oxygen atoms in total. The lowest BCUT2D eigenvalue weighted by Crippen LogP contribution is -2.54. The van der Waals surface area contributed by atoms with E-state index in [1.807, 2.05) is 6.26 Å². The fourth-order valence-electron chi connectivity index (χ4n) is 2.08. The van der Waals surface area contributed by atoms with Crippen LogP contribution >= 0.6 is 11.8 Å². The number of aliphatic carboxylic acids is 1. The summed E-state index contributed by atoms with van der Waals surface area (Å²) in [5.74, 6) is -2.12. The molecule has 0 bridgehead atoms. The standard InChI is InChI=1S/C15H29N5O5S/c1-26-7-5-11(19-12(21)8-17)15(25)20-10(4-2-3-6-16)14(24)18-9-13(22)23/h10-11H,2-9,16-17H2,1H3,(H,18,24)(H,19,21)(H,20,25)(H,22,23). The summed E-state index contributed by atoms with van der Waals surface area (Å²) in [5.41, 5.74) is 10.7. The number of carboxylic acids is 1. The van der Waals surface area contributed by atoms with E-state index >= 15 is 0 Å². The second-order valence-corrected chi connectivity index (χ2v) is 6.55. The summed E-state index contributed by atoms with van der Waals surface area (Å²) < 4.78 is 0. The summed E-state index contributed by atoms with van der Waals surface area (Å²) >= 11 is 1.51. The Kier molecular flexibility index (Phi) is 13.3. The van der Waals surface area contributed by atoms with Crippen LogP contribution in [0.1, 0.15) is 25.7 Å². The lowest BCUT2D eigenvalue weighted by molar-refractivity contribution is -0.138. The topological polar surface area (TPSA) is 177 Å². The van der Waals surface area contributed by atoms with Gasteiger partial charge in [-0.15, -0.1) is 0 Å². The van der Waals surface area contributed by atoms with Crippen LogP contribution in [0.15, 0.2) is 0 Å². The van der Waals surface area contributed by atoms with Gasteiger partial charge in [0.05, 0.1) is 6.54 Å². The van der Waals surface area contributed by atoms with E-state index in [0.717, 1.165) is 0 Å². The van der Waals surface area contributed by atoms with Crippen LogP contribution in [0.5, 0.6) is 0 Å². The molecule has 0 heterocycles. The number of rotatable bonds is 14. The highest BCUT2D eigenvalue weighted by Crippen LogP contribution is 2.05. The minimum Gasteiger partial charge on any atom is -0.480 e. The number of carbonyl (C=O) groups excluding carboxylic acids is 3. The molecule has 150 valence electrons. The van der Waals surface area contributed by atoms with Crippen molar-refractivity contribution in [2.75, 3.05) is 31.6 Å². The van der Waals surface area contributed by atoms with Gasteiger partial charge in [0.1, 0.15) is 18.6 Å². The Morgan fingerprint density at radius 2 is 1.65 bits per heavy atom. The van der Waals surface area contributed by atoms with Crippen LogP contribution in [0.3, 0.4) is 0 Å². The van der Waals surface area contributed by atoms with Crippen molar-refractivity contribution < 1.29 is 24.3 Å². The number of hydrogen-bond donors (Lipinski definition) is 6. The first kappa shape index (κ1) is 24.1. The summed E-state index contributed by atoms with van der Waals surface area (Å²) in [6.07, 6.45) is 3.82. The van der Waals surface area contributed by atoms with Crippen molar-refractivity contribution in [1.29, 1.82) is 0 Å². The van der Waals surface area contributed by atoms with Crippen molar-refractivity contribution in [3.05, 3.63) is 0 Å². The van der Waals surface area contributed by atoms with Crippen molar-refractivity contribution in [2.45, 2.75) is 37.8 Å². The van der Waals surface area contributed by atoms with Crippen molar-refractivity contribution in [3.8, 4) is 0 Å². The molecular weight excluding hydrogens is 362 g/mol. The van der Waals surface area contributed by atoms with Crippen molar-refractivity contribution in [1.82, 2.24) is 16.0 Å². The van der Waals surface area contributed by atoms with E-state index < -0.39 is 42.3 Å². The van der Waals surface area contributed by atoms with Crippen LogP contribution < -0.4 is 27.4 Å². The molecule has 0 saturated carbocycles. The minimum absolute atomic E-state index is 0.248. The predicted molar refractivity (Wildman–Crippen MR) is 99.5 cm³/mol. The van der Waals surface area contributed by atoms with Gasteiger partial charge in [-0.2, -0.15) is 11.8 Å². The fraction of sp³-hybridized carbons (Fsp3) is 0.733. The Bertz CT molecular complexity index is 477. The Hall–Kier alpha value is -1.85. The zero-order valence-electron chi connectivity index (χ0n) is 15.0. The SMILES string of the molecule is CSCCC(NC(=O)CN)C(=O)NC(CCCCN)C(=O)NCC(=O)O. The Labute approximate surface area is 157 Å². The molecule has 3 amide bonds. The maximum Gasteiger partial charge on any atom is 0.322 e. The summed E-state index contributed by atoms with van der Waals surface area (Å²) in [6, 6.07) is -1.72. The number of amides is 3. The first-order valence-corrected chi connectivity index (χ1v) is 9.73. The van der Waals surface area contributed by atoms with Crippen LogP contribution in [-0.4, -0.2) is 72.5 Å². The van der Waals surface area contributed by atoms with Gasteiger partial charge in [0.15, 0.2) is 0 Å². The van der Waals surface area contributed by atoms with Crippen LogP contribution in [0, 0.1) is 0 Å². The highest BCUT2D eigenvalue weighted by atomic mass is 32.2. The average molecular weight is 391 g/mol. The maximum atomic E-state index is 12.5. The third-order valence-electron chi connectivity index (χ3n) is 3.44. The molecule has 11 heteroatoms. The largest absolute Gasteiger partial charge is 0.480 e. The molecule has 2 unspecified atom stereocenters. The van der Waals surface area contributed by atoms with E-state index in [1.54, 1.807) is 0 Å². The molecule has 0 aliphatic heterocycles. The van der Waals surface area contributed by atoms with Crippen molar-refractivity contribution in [2.24, 2.45) is 11.5 Å². The molecule has 0 aromatic carbocycles. The van der Waals surface area contributed by atoms with Gasteiger partial charge in [-0.3, -0.25) is 19.2 Å². The summed E-state index contributed by atoms with van der Waals surface area (Å²) in [5, 5.41) is 16.0. The zero-order chi connectivity index (χ0) is 19.9. The normalized spacial score (nSPS) is 12.7. The number of nitrogens with one attached hydrogen (secondary N) is 3. The fourth-order valence-corrected chi connectivity index (χ4v) is 2.55. The van der Waals surface area contributed by atoms with E-state index in [2.05, 4.69) is 16.0 Å². The molecular formula is C15H29N5O5S. The highest BCUT2D eigenvalue weighted by molar-refractivity contribution is 7.98. The summed E-state index contributed by atoms with van der Waals surface area (Å²) in [7, 11) is 0. The predicted octanol–water partition coefficient (Wildman–Crippen LogP) is -2.00. The van der Waals surface area contributed by atoms with Crippen LogP contribution in [-0.2, 0) is 19.2 Å². The van der Waals surface area contributed by atoms with Crippen LogP contribution in [0.2, 0.25) is 0 Å². The summed E-state index contributed by atoms with van der Waals surface area (Å²) in [4.78, 5) is 46.8. The number of unbranched alkanes of at least 4 members (excludes halogenated alkanes) is 1. The lowest BCUT2D eigenvalue weighted by Gasteiger charge is -2.23. The van der Waals surface area contributed by atoms with Gasteiger partial charge >= 0.3 is 5.97 Å². The molecule has 0 aromatic heterocycles. The van der Waals surface area contributed by atoms with Gasteiger partial charge in [-0.25, -0.2) is 0 Å². The van der Waals surface area contributed by atoms with Gasteiger partial charge in [0, 0.05) is 0 Å². The van der Waals surface area contributed by atoms with Crippen molar-refractivity contribution >= 4 is 35.5 Å². The van der Waals surface area contributed by atoms with E-state index in [9.17, 15) is 19.2 Å². The molecule has 0 spiro atoms. The quantitative estimate of drug-likeness (QED) is 0.184. The molecule has 8 N–H and O–H groups in total. The van der Waals surface area contributed by atoms with Gasteiger partial charge in [-0.1, -0.05) is 0 Å². The second-order valence-electron chi connectivity index (χ2n) is 5.56. The van der Waals surface area contributed by atoms with Gasteiger partial charge in [0.2, 0.25) is 17.7 Å². The maximum absolute atomic E-state index is 12.5. The van der Waals surface area contributed by atoms with Crippen LogP contribution in [0.25, 0.3) is 0 Å². The lowest BCUT2D eigenvalue weighted by atomic mass is 10.1. The highest BCUT2D eigenvalue weighted by Gasteiger charge is 2.26. The third kappa shape index (κ3) is 10.9. The molecule has 2 atom stereocenters. The monoisotopic (exact) mass is 391 g/mol. The van der Waals surface area contributed by atoms with Gasteiger partial charge in [0.25, 0.3) is 0 Å². The number of nitrogens with two attached hydrogens (primary N) is 2. The van der Waals surface area contributed by atoms with E-state index in [4.69, 9.17) is 16.6 Å². The van der Waals surface area contributed by atoms with Crippen molar-refractivity contribution in [3.63, 3.8) is 0 Å². The van der Waals surface area contributed by atoms with E-state index in [-0.39, 0.29) is 6.54 Å². The molecule has 0 rings (SSSR count). The number of carboxylic acid groups (broad SMARTS) is 1. The molecule has 26 heavy (non-hydrogen) atoms. The number of thioether (sulfide) groups is 1. The third-order valence-corrected chi connectivity index (χ3v) is 4.09. The molecule has 0 aliphatic rings. The minimum atomic E-state index is -1.18. The molecule has 0 aliphatic carbocycles. The Balaban J connectivity index is 4.96. The molecule has 0 fully saturated rings. The van der Waals surface area contributed by atoms with Crippen LogP contribution in [0.4, 0.5) is 0 Å². The Morgan fingerprint density at radius 3 is 2.19 bits per heavy atom. The number of carbonyl (C=O) groups is 4. The van der Waals surface area contributed by atoms with Gasteiger partial charge in [-0.05, 0) is 44.2 Å². The smallest absolute Gasteiger partial charge is 0.322 e. The van der Waals surface area contributed by atoms with E-state index in [1.165, 1.54) is 11.8 Å². The molecule has 0 saturated heterocycles. The zero-order valence-corrected chi connectivity index (χ0v) is 15.8. The first-order valence-electron chi connectivity index (χ1n) is 8.34. The second kappa shape index (κ2) is 14.3. The Morgan fingerprint density at radius 1 is 1.00 bits per heavy atom.